The molecule has 0 aliphatic heterocycles. The number of hydrogen-bond donors (Lipinski definition) is 2. The van der Waals surface area contributed by atoms with Gasteiger partial charge in [-0.25, -0.2) is 0 Å². The zero-order valence-electron chi connectivity index (χ0n) is 8.42. The van der Waals surface area contributed by atoms with Gasteiger partial charge < -0.3 is 5.32 Å². The van der Waals surface area contributed by atoms with Gasteiger partial charge in [-0.3, -0.25) is 9.89 Å². The van der Waals surface area contributed by atoms with Gasteiger partial charge >= 0.3 is 0 Å². The van der Waals surface area contributed by atoms with Gasteiger partial charge in [0.05, 0.1) is 5.92 Å². The molecule has 2 N–H and O–H groups in total. The number of allylic oxidation sites excluding steroid dienone is 2. The minimum Gasteiger partial charge on any atom is -0.354 e. The van der Waals surface area contributed by atoms with E-state index in [2.05, 4.69) is 15.5 Å². The highest BCUT2D eigenvalue weighted by Gasteiger charge is 2.58. The van der Waals surface area contributed by atoms with Crippen molar-refractivity contribution in [2.75, 3.05) is 7.05 Å². The molecule has 0 bridgehead atoms. The molecule has 84 valence electrons. The molecule has 2 aliphatic carbocycles. The molecule has 0 unspecified atom stereocenters. The van der Waals surface area contributed by atoms with E-state index in [4.69, 9.17) is 0 Å². The number of amides is 1. The Morgan fingerprint density at radius 2 is 2.31 bits per heavy atom. The van der Waals surface area contributed by atoms with Gasteiger partial charge in [0.15, 0.2) is 5.69 Å². The second-order valence-electron chi connectivity index (χ2n) is 4.00. The highest BCUT2D eigenvalue weighted by molar-refractivity contribution is 5.94. The summed E-state index contributed by atoms with van der Waals surface area (Å²) in [6.45, 7) is 0. The first-order chi connectivity index (χ1) is 7.57. The van der Waals surface area contributed by atoms with Crippen LogP contribution in [0.2, 0.25) is 0 Å². The molecule has 1 aromatic rings. The van der Waals surface area contributed by atoms with Crippen LogP contribution < -0.4 is 5.32 Å². The van der Waals surface area contributed by atoms with E-state index in [1.807, 2.05) is 0 Å². The number of alkyl halides is 2. The minimum atomic E-state index is -2.94. The van der Waals surface area contributed by atoms with Crippen molar-refractivity contribution in [3.05, 3.63) is 29.1 Å². The summed E-state index contributed by atoms with van der Waals surface area (Å²) in [5.41, 5.74) is 0.206. The molecule has 4 nitrogen and oxygen atoms in total. The number of fused-ring (bicyclic) bond motifs is 3. The van der Waals surface area contributed by atoms with E-state index in [1.165, 1.54) is 13.1 Å². The molecule has 1 amide bonds. The third-order valence-corrected chi connectivity index (χ3v) is 3.24. The number of aromatic amines is 1. The monoisotopic (exact) mass is 225 g/mol. The Morgan fingerprint density at radius 1 is 1.56 bits per heavy atom. The van der Waals surface area contributed by atoms with Gasteiger partial charge in [0.2, 0.25) is 0 Å². The quantitative estimate of drug-likeness (QED) is 0.704. The van der Waals surface area contributed by atoms with Gasteiger partial charge in [0.1, 0.15) is 5.69 Å². The summed E-state index contributed by atoms with van der Waals surface area (Å²) in [6, 6.07) is 0. The number of nitrogens with one attached hydrogen (secondary N) is 2. The second-order valence-corrected chi connectivity index (χ2v) is 4.00. The Balaban J connectivity index is 2.17. The third-order valence-electron chi connectivity index (χ3n) is 3.24. The van der Waals surface area contributed by atoms with E-state index in [9.17, 15) is 13.6 Å². The first-order valence-electron chi connectivity index (χ1n) is 4.94. The summed E-state index contributed by atoms with van der Waals surface area (Å²) in [4.78, 5) is 11.5. The van der Waals surface area contributed by atoms with Gasteiger partial charge in [-0.1, -0.05) is 12.2 Å². The lowest BCUT2D eigenvalue weighted by Gasteiger charge is -2.26. The molecule has 0 saturated heterocycles. The van der Waals surface area contributed by atoms with Crippen molar-refractivity contribution < 1.29 is 13.6 Å². The van der Waals surface area contributed by atoms with Crippen LogP contribution in [0.5, 0.6) is 0 Å². The van der Waals surface area contributed by atoms with Gasteiger partial charge in [-0.2, -0.15) is 13.9 Å². The molecule has 1 heterocycles. The summed E-state index contributed by atoms with van der Waals surface area (Å²) in [5, 5.41) is 8.36. The van der Waals surface area contributed by atoms with Crippen molar-refractivity contribution >= 4 is 5.91 Å². The van der Waals surface area contributed by atoms with E-state index in [-0.39, 0.29) is 17.3 Å². The number of nitrogens with zero attached hydrogens (tertiary/aromatic N) is 1. The summed E-state index contributed by atoms with van der Waals surface area (Å²) < 4.78 is 27.5. The Kier molecular flexibility index (Phi) is 1.60. The predicted molar refractivity (Wildman–Crippen MR) is 51.2 cm³/mol. The lowest BCUT2D eigenvalue weighted by atomic mass is 9.81. The fraction of sp³-hybridized carbons (Fsp3) is 0.400. The molecule has 2 atom stereocenters. The fourth-order valence-corrected chi connectivity index (χ4v) is 2.34. The predicted octanol–water partition coefficient (Wildman–Crippen LogP) is 1.14. The van der Waals surface area contributed by atoms with Gasteiger partial charge in [-0.15, -0.1) is 0 Å². The van der Waals surface area contributed by atoms with E-state index in [0.29, 0.717) is 5.56 Å². The van der Waals surface area contributed by atoms with Gasteiger partial charge in [-0.05, 0) is 0 Å². The molecular weight excluding hydrogens is 216 g/mol. The highest BCUT2D eigenvalue weighted by atomic mass is 19.3. The summed E-state index contributed by atoms with van der Waals surface area (Å²) in [5.74, 6) is -4.57. The maximum Gasteiger partial charge on any atom is 0.296 e. The zero-order valence-corrected chi connectivity index (χ0v) is 8.42. The number of carbonyl (C=O) groups is 1. The molecule has 1 aromatic heterocycles. The van der Waals surface area contributed by atoms with Crippen molar-refractivity contribution in [1.82, 2.24) is 15.5 Å². The van der Waals surface area contributed by atoms with Crippen LogP contribution in [-0.4, -0.2) is 23.2 Å². The standard InChI is InChI=1S/C10H9F2N3O/c1-13-9(16)7-6-4-2-3-5(4)10(11,12)8(6)15-14-7/h2-5H,1H3,(H,13,16)(H,14,15)/t4-,5+/m0/s1. The molecule has 0 radical (unpaired) electrons. The van der Waals surface area contributed by atoms with Crippen LogP contribution in [0.25, 0.3) is 0 Å². The Bertz CT molecular complexity index is 506. The Hall–Kier alpha value is -1.72. The Labute approximate surface area is 89.7 Å². The number of carbonyl (C=O) groups excluding carboxylic acids is 1. The average molecular weight is 225 g/mol. The third kappa shape index (κ3) is 0.874. The first-order valence-corrected chi connectivity index (χ1v) is 4.94. The van der Waals surface area contributed by atoms with E-state index < -0.39 is 17.7 Å². The molecule has 0 fully saturated rings. The van der Waals surface area contributed by atoms with Crippen LogP contribution >= 0.6 is 0 Å². The number of halogens is 2. The largest absolute Gasteiger partial charge is 0.354 e. The van der Waals surface area contributed by atoms with E-state index in [1.54, 1.807) is 6.08 Å². The van der Waals surface area contributed by atoms with Crippen LogP contribution in [-0.2, 0) is 5.92 Å². The smallest absolute Gasteiger partial charge is 0.296 e. The summed E-state index contributed by atoms with van der Waals surface area (Å²) in [6.07, 6.45) is 3.17. The van der Waals surface area contributed by atoms with Crippen LogP contribution in [0.3, 0.4) is 0 Å². The minimum absolute atomic E-state index is 0.0778. The molecule has 6 heteroatoms. The fourth-order valence-electron chi connectivity index (χ4n) is 2.34. The van der Waals surface area contributed by atoms with Gasteiger partial charge in [0.25, 0.3) is 11.8 Å². The SMILES string of the molecule is CNC(=O)c1n[nH]c2c1[C@H]1C=C[C@H]1C2(F)F. The molecule has 0 spiro atoms. The first kappa shape index (κ1) is 9.50. The van der Waals surface area contributed by atoms with Crippen molar-refractivity contribution in [1.29, 1.82) is 0 Å². The lowest BCUT2D eigenvalue weighted by molar-refractivity contribution is -0.0475. The van der Waals surface area contributed by atoms with Crippen LogP contribution in [0.4, 0.5) is 8.78 Å². The lowest BCUT2D eigenvalue weighted by Crippen LogP contribution is -2.27. The van der Waals surface area contributed by atoms with Gasteiger partial charge in [0, 0.05) is 18.5 Å². The van der Waals surface area contributed by atoms with Crippen molar-refractivity contribution in [2.24, 2.45) is 5.92 Å². The van der Waals surface area contributed by atoms with Crippen molar-refractivity contribution in [2.45, 2.75) is 11.8 Å². The van der Waals surface area contributed by atoms with Crippen molar-refractivity contribution in [3.63, 3.8) is 0 Å². The van der Waals surface area contributed by atoms with Crippen LogP contribution in [0.15, 0.2) is 12.2 Å². The number of H-pyrrole nitrogens is 1. The second kappa shape index (κ2) is 2.69. The van der Waals surface area contributed by atoms with Crippen LogP contribution in [0.1, 0.15) is 27.7 Å². The normalized spacial score (nSPS) is 28.2. The molecule has 3 rings (SSSR count). The Morgan fingerprint density at radius 3 is 2.88 bits per heavy atom. The number of aromatic nitrogens is 2. The summed E-state index contributed by atoms with van der Waals surface area (Å²) >= 11 is 0. The molecule has 2 aliphatic rings. The number of hydrogen-bond acceptors (Lipinski definition) is 2. The number of rotatable bonds is 1. The summed E-state index contributed by atoms with van der Waals surface area (Å²) in [7, 11) is 1.45. The highest BCUT2D eigenvalue weighted by Crippen LogP contribution is 2.58. The maximum atomic E-state index is 13.8. The zero-order chi connectivity index (χ0) is 11.5. The molecule has 0 aromatic carbocycles. The average Bonchev–Trinajstić information content (AvgIpc) is 2.63. The van der Waals surface area contributed by atoms with E-state index >= 15 is 0 Å². The van der Waals surface area contributed by atoms with Crippen molar-refractivity contribution in [3.8, 4) is 0 Å². The molecule has 0 saturated carbocycles. The maximum absolute atomic E-state index is 13.8. The van der Waals surface area contributed by atoms with E-state index in [0.717, 1.165) is 0 Å². The molecular formula is C10H9F2N3O. The molecule has 16 heavy (non-hydrogen) atoms. The van der Waals surface area contributed by atoms with Crippen LogP contribution in [0, 0.1) is 5.92 Å². The topological polar surface area (TPSA) is 57.8 Å².